The quantitative estimate of drug-likeness (QED) is 0.888. The zero-order valence-corrected chi connectivity index (χ0v) is 11.6. The molecule has 0 radical (unpaired) electrons. The third kappa shape index (κ3) is 3.44. The molecular formula is C13H12ClN3OS. The molecular weight excluding hydrogens is 282 g/mol. The van der Waals surface area contributed by atoms with Gasteiger partial charge in [0.2, 0.25) is 0 Å². The van der Waals surface area contributed by atoms with E-state index in [2.05, 4.69) is 10.3 Å². The smallest absolute Gasteiger partial charge is 0.161 e. The molecule has 0 aliphatic heterocycles. The average Bonchev–Trinajstić information content (AvgIpc) is 2.94. The molecule has 0 saturated carbocycles. The Balaban J connectivity index is 2.20. The van der Waals surface area contributed by atoms with Crippen LogP contribution >= 0.6 is 22.9 Å². The highest BCUT2D eigenvalue weighted by atomic mass is 35.5. The highest BCUT2D eigenvalue weighted by Gasteiger charge is 2.13. The van der Waals surface area contributed by atoms with Crippen LogP contribution in [0.1, 0.15) is 23.0 Å². The van der Waals surface area contributed by atoms with Crippen LogP contribution in [0.3, 0.4) is 0 Å². The van der Waals surface area contributed by atoms with E-state index in [0.29, 0.717) is 17.3 Å². The number of hydrogen-bond acceptors (Lipinski definition) is 5. The molecule has 2 rings (SSSR count). The van der Waals surface area contributed by atoms with Crippen molar-refractivity contribution in [1.29, 1.82) is 5.26 Å². The lowest BCUT2D eigenvalue weighted by Gasteiger charge is -2.17. The summed E-state index contributed by atoms with van der Waals surface area (Å²) in [4.78, 5) is 5.26. The van der Waals surface area contributed by atoms with Crippen LogP contribution in [0.2, 0.25) is 5.02 Å². The molecule has 0 aliphatic carbocycles. The number of pyridine rings is 1. The van der Waals surface area contributed by atoms with Gasteiger partial charge >= 0.3 is 0 Å². The van der Waals surface area contributed by atoms with E-state index in [1.54, 1.807) is 23.5 Å². The summed E-state index contributed by atoms with van der Waals surface area (Å²) >= 11 is 7.45. The fraction of sp³-hybridized carbons (Fsp3) is 0.231. The maximum atomic E-state index is 9.13. The van der Waals surface area contributed by atoms with Crippen LogP contribution in [0.5, 0.6) is 0 Å². The van der Waals surface area contributed by atoms with Gasteiger partial charge in [0.05, 0.1) is 11.1 Å². The van der Waals surface area contributed by atoms with Crippen LogP contribution in [0.4, 0.5) is 5.82 Å². The predicted octanol–water partition coefficient (Wildman–Crippen LogP) is 3.20. The Kier molecular flexibility index (Phi) is 4.74. The predicted molar refractivity (Wildman–Crippen MR) is 76.3 cm³/mol. The molecule has 6 heteroatoms. The molecule has 98 valence electrons. The number of halogens is 1. The van der Waals surface area contributed by atoms with Crippen molar-refractivity contribution in [2.75, 3.05) is 11.9 Å². The lowest BCUT2D eigenvalue weighted by molar-refractivity contribution is 0.280. The van der Waals surface area contributed by atoms with Crippen molar-refractivity contribution >= 4 is 28.8 Å². The van der Waals surface area contributed by atoms with Gasteiger partial charge in [0.15, 0.2) is 5.69 Å². The van der Waals surface area contributed by atoms with Crippen molar-refractivity contribution < 1.29 is 5.11 Å². The van der Waals surface area contributed by atoms with Crippen LogP contribution in [-0.2, 0) is 0 Å². The number of aliphatic hydroxyl groups excluding tert-OH is 1. The Hall–Kier alpha value is -1.61. The molecule has 0 aromatic carbocycles. The lowest BCUT2D eigenvalue weighted by atomic mass is 10.2. The summed E-state index contributed by atoms with van der Waals surface area (Å²) in [6.45, 7) is 0.0776. The molecule has 0 amide bonds. The minimum Gasteiger partial charge on any atom is -0.396 e. The molecule has 2 aromatic rings. The number of nitrogens with zero attached hydrogens (tertiary/aromatic N) is 2. The Morgan fingerprint density at radius 1 is 1.47 bits per heavy atom. The lowest BCUT2D eigenvalue weighted by Crippen LogP contribution is -2.12. The SMILES string of the molecule is N#Cc1nc(NC(CCO)c2cccs2)ccc1Cl. The van der Waals surface area contributed by atoms with Crippen molar-refractivity contribution in [1.82, 2.24) is 4.98 Å². The molecule has 1 unspecified atom stereocenters. The molecule has 0 aliphatic rings. The van der Waals surface area contributed by atoms with Crippen LogP contribution < -0.4 is 5.32 Å². The first kappa shape index (κ1) is 13.8. The van der Waals surface area contributed by atoms with Gasteiger partial charge in [-0.3, -0.25) is 0 Å². The van der Waals surface area contributed by atoms with Crippen molar-refractivity contribution in [3.63, 3.8) is 0 Å². The van der Waals surface area contributed by atoms with Crippen molar-refractivity contribution in [3.8, 4) is 6.07 Å². The van der Waals surface area contributed by atoms with Crippen molar-refractivity contribution in [2.24, 2.45) is 0 Å². The molecule has 0 fully saturated rings. The van der Waals surface area contributed by atoms with Gasteiger partial charge in [0.1, 0.15) is 11.9 Å². The second kappa shape index (κ2) is 6.53. The van der Waals surface area contributed by atoms with E-state index in [1.807, 2.05) is 23.6 Å². The molecule has 0 bridgehead atoms. The molecule has 2 aromatic heterocycles. The van der Waals surface area contributed by atoms with Crippen molar-refractivity contribution in [2.45, 2.75) is 12.5 Å². The highest BCUT2D eigenvalue weighted by Crippen LogP contribution is 2.26. The Morgan fingerprint density at radius 3 is 2.95 bits per heavy atom. The third-order valence-electron chi connectivity index (χ3n) is 2.58. The number of aromatic nitrogens is 1. The Morgan fingerprint density at radius 2 is 2.32 bits per heavy atom. The van der Waals surface area contributed by atoms with Gasteiger partial charge in [-0.05, 0) is 30.0 Å². The average molecular weight is 294 g/mol. The standard InChI is InChI=1S/C13H12ClN3OS/c14-9-3-4-13(17-11(9)8-15)16-10(5-6-18)12-2-1-7-19-12/h1-4,7,10,18H,5-6H2,(H,16,17). The molecule has 1 atom stereocenters. The highest BCUT2D eigenvalue weighted by molar-refractivity contribution is 7.10. The van der Waals surface area contributed by atoms with Gasteiger partial charge < -0.3 is 10.4 Å². The van der Waals surface area contributed by atoms with Gasteiger partial charge in [0, 0.05) is 11.5 Å². The topological polar surface area (TPSA) is 68.9 Å². The van der Waals surface area contributed by atoms with Crippen LogP contribution in [0.15, 0.2) is 29.6 Å². The number of thiophene rings is 1. The number of rotatable bonds is 5. The molecule has 0 saturated heterocycles. The van der Waals surface area contributed by atoms with Gasteiger partial charge in [0.25, 0.3) is 0 Å². The van der Waals surface area contributed by atoms with E-state index in [4.69, 9.17) is 22.0 Å². The summed E-state index contributed by atoms with van der Waals surface area (Å²) in [6.07, 6.45) is 0.576. The first-order valence-corrected chi connectivity index (χ1v) is 6.98. The number of anilines is 1. The fourth-order valence-electron chi connectivity index (χ4n) is 1.68. The maximum Gasteiger partial charge on any atom is 0.161 e. The van der Waals surface area contributed by atoms with Gasteiger partial charge in [-0.1, -0.05) is 17.7 Å². The van der Waals surface area contributed by atoms with E-state index in [9.17, 15) is 0 Å². The minimum atomic E-state index is -0.0229. The Bertz CT molecular complexity index is 580. The number of aliphatic hydroxyl groups is 1. The van der Waals surface area contributed by atoms with E-state index in [0.717, 1.165) is 4.88 Å². The molecule has 2 heterocycles. The normalized spacial score (nSPS) is 11.8. The second-order valence-corrected chi connectivity index (χ2v) is 5.25. The summed E-state index contributed by atoms with van der Waals surface area (Å²) in [5, 5.41) is 23.6. The molecule has 0 spiro atoms. The summed E-state index contributed by atoms with van der Waals surface area (Å²) in [5.74, 6) is 0.577. The summed E-state index contributed by atoms with van der Waals surface area (Å²) in [6, 6.07) is 9.24. The molecule has 2 N–H and O–H groups in total. The van der Waals surface area contributed by atoms with Crippen LogP contribution in [0.25, 0.3) is 0 Å². The number of nitrogens with one attached hydrogen (secondary N) is 1. The van der Waals surface area contributed by atoms with Crippen LogP contribution in [-0.4, -0.2) is 16.7 Å². The number of nitriles is 1. The zero-order valence-electron chi connectivity index (χ0n) is 10.0. The van der Waals surface area contributed by atoms with E-state index in [-0.39, 0.29) is 18.3 Å². The Labute approximate surface area is 120 Å². The summed E-state index contributed by atoms with van der Waals surface area (Å²) in [5.41, 5.74) is 0.195. The first-order valence-electron chi connectivity index (χ1n) is 5.72. The van der Waals surface area contributed by atoms with Gasteiger partial charge in [-0.25, -0.2) is 4.98 Å². The largest absolute Gasteiger partial charge is 0.396 e. The van der Waals surface area contributed by atoms with E-state index < -0.39 is 0 Å². The third-order valence-corrected chi connectivity index (χ3v) is 3.87. The van der Waals surface area contributed by atoms with Gasteiger partial charge in [-0.15, -0.1) is 11.3 Å². The minimum absolute atomic E-state index is 0.0229. The first-order chi connectivity index (χ1) is 9.24. The van der Waals surface area contributed by atoms with Crippen LogP contribution in [0, 0.1) is 11.3 Å². The fourth-order valence-corrected chi connectivity index (χ4v) is 2.64. The number of hydrogen-bond donors (Lipinski definition) is 2. The van der Waals surface area contributed by atoms with E-state index >= 15 is 0 Å². The van der Waals surface area contributed by atoms with Crippen molar-refractivity contribution in [3.05, 3.63) is 45.2 Å². The zero-order chi connectivity index (χ0) is 13.7. The monoisotopic (exact) mass is 293 g/mol. The second-order valence-electron chi connectivity index (χ2n) is 3.86. The van der Waals surface area contributed by atoms with Gasteiger partial charge in [-0.2, -0.15) is 5.26 Å². The summed E-state index contributed by atoms with van der Waals surface area (Å²) in [7, 11) is 0. The van der Waals surface area contributed by atoms with E-state index in [1.165, 1.54) is 0 Å². The molecule has 4 nitrogen and oxygen atoms in total. The maximum absolute atomic E-state index is 9.13. The molecule has 19 heavy (non-hydrogen) atoms. The summed E-state index contributed by atoms with van der Waals surface area (Å²) < 4.78 is 0.